The van der Waals surface area contributed by atoms with Gasteiger partial charge in [0.15, 0.2) is 17.7 Å². The van der Waals surface area contributed by atoms with Crippen molar-refractivity contribution in [2.45, 2.75) is 51.4 Å². The molecule has 178 valence electrons. The number of hydrogen-bond donors (Lipinski definition) is 1. The molecule has 15 heteroatoms. The summed E-state index contributed by atoms with van der Waals surface area (Å²) in [7, 11) is 0. The lowest BCUT2D eigenvalue weighted by Gasteiger charge is -2.44. The third-order valence-electron chi connectivity index (χ3n) is 4.60. The first-order valence-electron chi connectivity index (χ1n) is 9.51. The van der Waals surface area contributed by atoms with E-state index in [2.05, 4.69) is 20.3 Å². The standard InChI is InChI=1S/C18H19FN4O10/c1-7(24)29-16-12(6-19)32-18(31-9(3)26)15(17(16)30-8(2)25)20-10-4-5-11(23(27)28)14-13(10)21-33-22-14/h4-5,12,15-18,20H,6H2,1-3H3/t12?,15?,16-,17-,18?/m0/s1. The fourth-order valence-corrected chi connectivity index (χ4v) is 3.41. The number of ether oxygens (including phenoxy) is 4. The maximum Gasteiger partial charge on any atom is 0.305 e. The van der Waals surface area contributed by atoms with Crippen LogP contribution in [0.2, 0.25) is 0 Å². The number of alkyl halides is 1. The molecular formula is C18H19FN4O10. The number of aromatic nitrogens is 2. The van der Waals surface area contributed by atoms with E-state index in [4.69, 9.17) is 18.9 Å². The Morgan fingerprint density at radius 3 is 2.24 bits per heavy atom. The van der Waals surface area contributed by atoms with Crippen LogP contribution in [0.4, 0.5) is 15.8 Å². The third-order valence-corrected chi connectivity index (χ3v) is 4.60. The fourth-order valence-electron chi connectivity index (χ4n) is 3.41. The van der Waals surface area contributed by atoms with Gasteiger partial charge in [0, 0.05) is 26.8 Å². The predicted molar refractivity (Wildman–Crippen MR) is 103 cm³/mol. The topological polar surface area (TPSA) is 182 Å². The van der Waals surface area contributed by atoms with E-state index in [1.54, 1.807) is 0 Å². The van der Waals surface area contributed by atoms with E-state index in [9.17, 15) is 28.9 Å². The molecule has 2 aromatic rings. The van der Waals surface area contributed by atoms with Crippen molar-refractivity contribution in [1.82, 2.24) is 10.3 Å². The monoisotopic (exact) mass is 470 g/mol. The van der Waals surface area contributed by atoms with E-state index < -0.39 is 60.1 Å². The van der Waals surface area contributed by atoms with Gasteiger partial charge < -0.3 is 24.3 Å². The van der Waals surface area contributed by atoms with Crippen molar-refractivity contribution in [3.05, 3.63) is 22.2 Å². The van der Waals surface area contributed by atoms with Crippen LogP contribution < -0.4 is 5.32 Å². The molecule has 0 aliphatic carbocycles. The zero-order valence-electron chi connectivity index (χ0n) is 17.6. The number of benzene rings is 1. The average molecular weight is 470 g/mol. The normalized spacial score (nSPS) is 24.7. The van der Waals surface area contributed by atoms with E-state index in [0.29, 0.717) is 0 Å². The predicted octanol–water partition coefficient (Wildman–Crippen LogP) is 1.03. The molecule has 14 nitrogen and oxygen atoms in total. The zero-order valence-corrected chi connectivity index (χ0v) is 17.6. The van der Waals surface area contributed by atoms with Crippen LogP contribution in [0.1, 0.15) is 20.8 Å². The van der Waals surface area contributed by atoms with Gasteiger partial charge in [-0.05, 0) is 16.4 Å². The largest absolute Gasteiger partial charge is 0.456 e. The van der Waals surface area contributed by atoms with E-state index in [-0.39, 0.29) is 22.4 Å². The molecule has 1 aromatic heterocycles. The Morgan fingerprint density at radius 1 is 1.06 bits per heavy atom. The third kappa shape index (κ3) is 5.14. The molecule has 1 fully saturated rings. The fraction of sp³-hybridized carbons (Fsp3) is 0.500. The highest BCUT2D eigenvalue weighted by Gasteiger charge is 2.51. The van der Waals surface area contributed by atoms with Gasteiger partial charge in [-0.25, -0.2) is 9.02 Å². The number of nitrogens with zero attached hydrogens (tertiary/aromatic N) is 3. The Kier molecular flexibility index (Phi) is 7.01. The number of nitrogens with one attached hydrogen (secondary N) is 1. The van der Waals surface area contributed by atoms with Gasteiger partial charge >= 0.3 is 23.6 Å². The summed E-state index contributed by atoms with van der Waals surface area (Å²) < 4.78 is 39.4. The Morgan fingerprint density at radius 2 is 1.67 bits per heavy atom. The molecule has 1 N–H and O–H groups in total. The second-order valence-electron chi connectivity index (χ2n) is 6.98. The second-order valence-corrected chi connectivity index (χ2v) is 6.98. The quantitative estimate of drug-likeness (QED) is 0.262. The summed E-state index contributed by atoms with van der Waals surface area (Å²) in [5, 5.41) is 21.3. The smallest absolute Gasteiger partial charge is 0.305 e. The lowest BCUT2D eigenvalue weighted by Crippen LogP contribution is -2.63. The number of non-ortho nitro benzene ring substituents is 1. The lowest BCUT2D eigenvalue weighted by atomic mass is 9.96. The van der Waals surface area contributed by atoms with Gasteiger partial charge in [-0.2, -0.15) is 0 Å². The minimum atomic E-state index is -1.51. The first-order chi connectivity index (χ1) is 15.6. The first-order valence-corrected chi connectivity index (χ1v) is 9.51. The first kappa shape index (κ1) is 23.8. The summed E-state index contributed by atoms with van der Waals surface area (Å²) in [5.41, 5.74) is -0.544. The molecule has 1 aliphatic rings. The van der Waals surface area contributed by atoms with Crippen molar-refractivity contribution >= 4 is 40.3 Å². The lowest BCUT2D eigenvalue weighted by molar-refractivity contribution is -0.383. The summed E-state index contributed by atoms with van der Waals surface area (Å²) in [4.78, 5) is 45.6. The van der Waals surface area contributed by atoms with Gasteiger partial charge in [0.25, 0.3) is 0 Å². The van der Waals surface area contributed by atoms with Crippen molar-refractivity contribution in [1.29, 1.82) is 0 Å². The molecule has 0 amide bonds. The van der Waals surface area contributed by atoms with Crippen LogP contribution in [0.15, 0.2) is 16.8 Å². The summed E-state index contributed by atoms with van der Waals surface area (Å²) >= 11 is 0. The Hall–Kier alpha value is -3.88. The van der Waals surface area contributed by atoms with Crippen LogP contribution >= 0.6 is 0 Å². The molecule has 0 spiro atoms. The molecule has 0 radical (unpaired) electrons. The Balaban J connectivity index is 2.07. The maximum absolute atomic E-state index is 13.7. The number of carbonyl (C=O) groups is 3. The number of halogens is 1. The maximum atomic E-state index is 13.7. The molecule has 3 rings (SSSR count). The van der Waals surface area contributed by atoms with Crippen molar-refractivity contribution in [3.63, 3.8) is 0 Å². The van der Waals surface area contributed by atoms with Gasteiger partial charge in [0.2, 0.25) is 11.8 Å². The molecular weight excluding hydrogens is 451 g/mol. The number of rotatable bonds is 7. The van der Waals surface area contributed by atoms with Crippen molar-refractivity contribution < 1.29 is 47.3 Å². The highest BCUT2D eigenvalue weighted by molar-refractivity contribution is 5.93. The molecule has 3 unspecified atom stereocenters. The summed E-state index contributed by atoms with van der Waals surface area (Å²) in [6, 6.07) is 1.13. The van der Waals surface area contributed by atoms with E-state index in [0.717, 1.165) is 26.8 Å². The van der Waals surface area contributed by atoms with E-state index >= 15 is 0 Å². The molecule has 5 atom stereocenters. The van der Waals surface area contributed by atoms with Crippen LogP contribution in [0.5, 0.6) is 0 Å². The summed E-state index contributed by atoms with van der Waals surface area (Å²) in [6.07, 6.45) is -5.74. The number of hydrogen-bond acceptors (Lipinski definition) is 13. The van der Waals surface area contributed by atoms with Gasteiger partial charge in [-0.15, -0.1) is 0 Å². The minimum Gasteiger partial charge on any atom is -0.456 e. The molecule has 0 bridgehead atoms. The van der Waals surface area contributed by atoms with E-state index in [1.165, 1.54) is 6.07 Å². The number of esters is 3. The van der Waals surface area contributed by atoms with Gasteiger partial charge in [0.05, 0.1) is 10.6 Å². The van der Waals surface area contributed by atoms with Crippen LogP contribution in [-0.4, -0.2) is 70.5 Å². The van der Waals surface area contributed by atoms with Crippen molar-refractivity contribution in [2.24, 2.45) is 0 Å². The van der Waals surface area contributed by atoms with Crippen molar-refractivity contribution in [3.8, 4) is 0 Å². The average Bonchev–Trinajstić information content (AvgIpc) is 3.20. The van der Waals surface area contributed by atoms with Gasteiger partial charge in [0.1, 0.15) is 18.8 Å². The highest BCUT2D eigenvalue weighted by Crippen LogP contribution is 2.33. The number of nitro benzene ring substituents is 1. The van der Waals surface area contributed by atoms with Gasteiger partial charge in [-0.3, -0.25) is 24.5 Å². The van der Waals surface area contributed by atoms with E-state index in [1.807, 2.05) is 0 Å². The number of fused-ring (bicyclic) bond motifs is 1. The second kappa shape index (κ2) is 9.72. The zero-order chi connectivity index (χ0) is 24.3. The van der Waals surface area contributed by atoms with Crippen LogP contribution in [0.3, 0.4) is 0 Å². The van der Waals surface area contributed by atoms with Crippen LogP contribution in [0.25, 0.3) is 11.0 Å². The van der Waals surface area contributed by atoms with Gasteiger partial charge in [-0.1, -0.05) is 0 Å². The minimum absolute atomic E-state index is 0.0657. The summed E-state index contributed by atoms with van der Waals surface area (Å²) in [6.45, 7) is 2.07. The Bertz CT molecular complexity index is 1080. The Labute approximate surface area is 184 Å². The summed E-state index contributed by atoms with van der Waals surface area (Å²) in [5.74, 6) is -2.40. The molecule has 1 aliphatic heterocycles. The molecule has 1 saturated heterocycles. The molecule has 0 saturated carbocycles. The van der Waals surface area contributed by atoms with Crippen LogP contribution in [0, 0.1) is 10.1 Å². The highest BCUT2D eigenvalue weighted by atomic mass is 19.1. The van der Waals surface area contributed by atoms with Crippen molar-refractivity contribution in [2.75, 3.05) is 12.0 Å². The number of nitro groups is 1. The number of anilines is 1. The SMILES string of the molecule is CC(=O)OC1OC(CF)[C@H](OC(C)=O)[C@@H](OC(C)=O)C1Nc1ccc([N+](=O)[O-])c2nonc12. The molecule has 2 heterocycles. The molecule has 33 heavy (non-hydrogen) atoms. The van der Waals surface area contributed by atoms with Crippen LogP contribution in [-0.2, 0) is 33.3 Å². The molecule has 1 aromatic carbocycles. The number of carbonyl (C=O) groups excluding carboxylic acids is 3.